The summed E-state index contributed by atoms with van der Waals surface area (Å²) in [6, 6.07) is 11.7. The highest BCUT2D eigenvalue weighted by molar-refractivity contribution is 9.10. The molecule has 3 rings (SSSR count). The zero-order valence-corrected chi connectivity index (χ0v) is 20.5. The number of benzene rings is 2. The second-order valence-corrected chi connectivity index (χ2v) is 10.1. The van der Waals surface area contributed by atoms with Crippen LogP contribution in [0.1, 0.15) is 73.7 Å². The van der Waals surface area contributed by atoms with Crippen molar-refractivity contribution < 1.29 is 19.1 Å². The van der Waals surface area contributed by atoms with Crippen molar-refractivity contribution in [3.05, 3.63) is 68.7 Å². The largest absolute Gasteiger partial charge is 0.465 e. The Kier molecular flexibility index (Phi) is 6.47. The lowest BCUT2D eigenvalue weighted by Gasteiger charge is -2.47. The average molecular weight is 485 g/mol. The van der Waals surface area contributed by atoms with Crippen LogP contribution in [0.25, 0.3) is 12.2 Å². The van der Waals surface area contributed by atoms with Crippen LogP contribution in [-0.2, 0) is 25.1 Å². The number of rotatable bonds is 4. The van der Waals surface area contributed by atoms with Gasteiger partial charge in [0, 0.05) is 16.8 Å². The summed E-state index contributed by atoms with van der Waals surface area (Å²) in [6.07, 6.45) is 4.66. The van der Waals surface area contributed by atoms with Crippen LogP contribution >= 0.6 is 15.9 Å². The molecule has 0 saturated heterocycles. The van der Waals surface area contributed by atoms with Gasteiger partial charge in [-0.15, -0.1) is 0 Å². The molecule has 0 saturated carbocycles. The van der Waals surface area contributed by atoms with Gasteiger partial charge in [0.05, 0.1) is 12.7 Å². The number of methoxy groups -OCH3 is 1. The fourth-order valence-corrected chi connectivity index (χ4v) is 4.71. The minimum atomic E-state index is -0.347. The second kappa shape index (κ2) is 8.62. The lowest BCUT2D eigenvalue weighted by atomic mass is 9.61. The fourth-order valence-electron chi connectivity index (χ4n) is 4.24. The number of fused-ring (bicyclic) bond motifs is 1. The Balaban J connectivity index is 1.98. The molecule has 31 heavy (non-hydrogen) atoms. The highest BCUT2D eigenvalue weighted by atomic mass is 79.9. The molecular weight excluding hydrogens is 456 g/mol. The molecule has 5 heteroatoms. The molecule has 0 aromatic heterocycles. The number of carbonyl (C=O) groups is 2. The Bertz CT molecular complexity index is 1030. The van der Waals surface area contributed by atoms with E-state index in [-0.39, 0.29) is 28.9 Å². The topological polar surface area (TPSA) is 52.6 Å². The number of ether oxygens (including phenoxy) is 2. The summed E-state index contributed by atoms with van der Waals surface area (Å²) in [6.45, 7) is 10.1. The van der Waals surface area contributed by atoms with Gasteiger partial charge in [0.1, 0.15) is 6.10 Å². The highest BCUT2D eigenvalue weighted by Gasteiger charge is 2.46. The van der Waals surface area contributed by atoms with Crippen LogP contribution in [0.2, 0.25) is 0 Å². The Morgan fingerprint density at radius 1 is 1.03 bits per heavy atom. The van der Waals surface area contributed by atoms with Crippen LogP contribution in [0.4, 0.5) is 0 Å². The second-order valence-electron chi connectivity index (χ2n) is 9.27. The third kappa shape index (κ3) is 4.77. The lowest BCUT2D eigenvalue weighted by Crippen LogP contribution is -2.47. The van der Waals surface area contributed by atoms with E-state index in [0.717, 1.165) is 22.0 Å². The summed E-state index contributed by atoms with van der Waals surface area (Å²) in [5, 5.41) is 0. The van der Waals surface area contributed by atoms with E-state index in [0.29, 0.717) is 5.56 Å². The number of carbonyl (C=O) groups excluding carboxylic acids is 2. The molecule has 0 fully saturated rings. The van der Waals surface area contributed by atoms with Gasteiger partial charge in [0.15, 0.2) is 0 Å². The van der Waals surface area contributed by atoms with Crippen LogP contribution in [0.3, 0.4) is 0 Å². The van der Waals surface area contributed by atoms with E-state index in [9.17, 15) is 9.59 Å². The van der Waals surface area contributed by atoms with Crippen LogP contribution in [0.5, 0.6) is 0 Å². The summed E-state index contributed by atoms with van der Waals surface area (Å²) in [7, 11) is 1.37. The smallest absolute Gasteiger partial charge is 0.337 e. The molecule has 4 nitrogen and oxygen atoms in total. The monoisotopic (exact) mass is 484 g/mol. The Hall–Kier alpha value is -2.40. The standard InChI is InChI=1S/C26H29BrO4/c1-16(28)31-23-15-25(2,3)20-14-22(27)19(13-21(20)26(23,4)5)12-9-17-7-10-18(11-8-17)24(29)30-6/h7-14,23H,15H2,1-6H3. The molecule has 2 aromatic rings. The quantitative estimate of drug-likeness (QED) is 0.377. The van der Waals surface area contributed by atoms with Crippen molar-refractivity contribution in [1.82, 2.24) is 0 Å². The predicted octanol–water partition coefficient (Wildman–Crippen LogP) is 6.30. The van der Waals surface area contributed by atoms with Gasteiger partial charge < -0.3 is 9.47 Å². The van der Waals surface area contributed by atoms with Gasteiger partial charge in [0.25, 0.3) is 0 Å². The van der Waals surface area contributed by atoms with Crippen LogP contribution in [0, 0.1) is 0 Å². The number of hydrogen-bond donors (Lipinski definition) is 0. The molecular formula is C26H29BrO4. The minimum absolute atomic E-state index is 0.112. The van der Waals surface area contributed by atoms with Gasteiger partial charge in [-0.25, -0.2) is 4.79 Å². The van der Waals surface area contributed by atoms with Gasteiger partial charge in [-0.1, -0.05) is 67.9 Å². The first-order valence-electron chi connectivity index (χ1n) is 10.3. The molecule has 2 aromatic carbocycles. The third-order valence-electron chi connectivity index (χ3n) is 6.16. The van der Waals surface area contributed by atoms with Crippen molar-refractivity contribution >= 4 is 40.0 Å². The van der Waals surface area contributed by atoms with E-state index < -0.39 is 0 Å². The van der Waals surface area contributed by atoms with Crippen LogP contribution in [-0.4, -0.2) is 25.2 Å². The van der Waals surface area contributed by atoms with Crippen molar-refractivity contribution in [2.45, 2.75) is 58.0 Å². The van der Waals surface area contributed by atoms with Crippen LogP contribution in [0.15, 0.2) is 40.9 Å². The first-order valence-corrected chi connectivity index (χ1v) is 11.1. The summed E-state index contributed by atoms with van der Waals surface area (Å²) in [4.78, 5) is 23.3. The normalized spacial score (nSPS) is 19.0. The maximum absolute atomic E-state index is 11.7. The average Bonchev–Trinajstić information content (AvgIpc) is 2.70. The summed E-state index contributed by atoms with van der Waals surface area (Å²) >= 11 is 3.74. The van der Waals surface area contributed by atoms with Crippen molar-refractivity contribution in [3.8, 4) is 0 Å². The van der Waals surface area contributed by atoms with Crippen molar-refractivity contribution in [2.75, 3.05) is 7.11 Å². The molecule has 0 N–H and O–H groups in total. The van der Waals surface area contributed by atoms with Crippen molar-refractivity contribution in [3.63, 3.8) is 0 Å². The number of esters is 2. The zero-order valence-electron chi connectivity index (χ0n) is 18.9. The van der Waals surface area contributed by atoms with E-state index >= 15 is 0 Å². The first-order chi connectivity index (χ1) is 14.5. The van der Waals surface area contributed by atoms with E-state index in [1.165, 1.54) is 25.2 Å². The first kappa shape index (κ1) is 23.3. The van der Waals surface area contributed by atoms with E-state index in [4.69, 9.17) is 9.47 Å². The highest BCUT2D eigenvalue weighted by Crippen LogP contribution is 2.48. The Morgan fingerprint density at radius 2 is 1.68 bits per heavy atom. The van der Waals surface area contributed by atoms with Gasteiger partial charge >= 0.3 is 11.9 Å². The Morgan fingerprint density at radius 3 is 2.26 bits per heavy atom. The molecule has 0 heterocycles. The molecule has 0 amide bonds. The maximum Gasteiger partial charge on any atom is 0.337 e. The molecule has 164 valence electrons. The molecule has 0 aliphatic heterocycles. The van der Waals surface area contributed by atoms with Gasteiger partial charge in [0.2, 0.25) is 0 Å². The molecule has 0 radical (unpaired) electrons. The molecule has 1 atom stereocenters. The SMILES string of the molecule is COC(=O)c1ccc(C=Cc2cc3c(cc2Br)C(C)(C)CC(OC(C)=O)C3(C)C)cc1. The van der Waals surface area contributed by atoms with Crippen LogP contribution < -0.4 is 0 Å². The molecule has 0 bridgehead atoms. The predicted molar refractivity (Wildman–Crippen MR) is 127 cm³/mol. The summed E-state index contributed by atoms with van der Waals surface area (Å²) < 4.78 is 11.5. The van der Waals surface area contributed by atoms with Gasteiger partial charge in [-0.2, -0.15) is 0 Å². The maximum atomic E-state index is 11.7. The van der Waals surface area contributed by atoms with E-state index in [2.05, 4.69) is 61.8 Å². The number of hydrogen-bond acceptors (Lipinski definition) is 4. The number of halogens is 1. The van der Waals surface area contributed by atoms with E-state index in [1.807, 2.05) is 18.2 Å². The van der Waals surface area contributed by atoms with E-state index in [1.54, 1.807) is 12.1 Å². The fraction of sp³-hybridized carbons (Fsp3) is 0.385. The molecule has 1 aliphatic rings. The van der Waals surface area contributed by atoms with Crippen molar-refractivity contribution in [2.24, 2.45) is 0 Å². The Labute approximate surface area is 192 Å². The van der Waals surface area contributed by atoms with Gasteiger partial charge in [-0.05, 0) is 58.4 Å². The van der Waals surface area contributed by atoms with Crippen molar-refractivity contribution in [1.29, 1.82) is 0 Å². The molecule has 1 aliphatic carbocycles. The minimum Gasteiger partial charge on any atom is -0.465 e. The molecule has 1 unspecified atom stereocenters. The van der Waals surface area contributed by atoms with Gasteiger partial charge in [-0.3, -0.25) is 4.79 Å². The zero-order chi connectivity index (χ0) is 23.0. The third-order valence-corrected chi connectivity index (χ3v) is 6.84. The molecule has 0 spiro atoms. The summed E-state index contributed by atoms with van der Waals surface area (Å²) in [5.41, 5.74) is 4.60. The lowest BCUT2D eigenvalue weighted by molar-refractivity contribution is -0.151. The summed E-state index contributed by atoms with van der Waals surface area (Å²) in [5.74, 6) is -0.593.